The van der Waals surface area contributed by atoms with Gasteiger partial charge in [-0.2, -0.15) is 4.98 Å². The third kappa shape index (κ3) is 2.42. The Morgan fingerprint density at radius 3 is 2.88 bits per heavy atom. The molecule has 1 aliphatic carbocycles. The van der Waals surface area contributed by atoms with Gasteiger partial charge in [-0.1, -0.05) is 30.3 Å². The summed E-state index contributed by atoms with van der Waals surface area (Å²) in [6.45, 7) is 2.78. The molecule has 1 saturated heterocycles. The summed E-state index contributed by atoms with van der Waals surface area (Å²) in [5.74, 6) is 2.71. The number of nitrogens with zero attached hydrogens (tertiary/aromatic N) is 3. The highest BCUT2D eigenvalue weighted by atomic mass is 16.5. The molecule has 5 rings (SSSR count). The molecule has 1 amide bonds. The lowest BCUT2D eigenvalue weighted by molar-refractivity contribution is -0.139. The summed E-state index contributed by atoms with van der Waals surface area (Å²) in [6.07, 6.45) is 3.62. The van der Waals surface area contributed by atoms with Crippen LogP contribution in [-0.4, -0.2) is 33.6 Å². The van der Waals surface area contributed by atoms with Gasteiger partial charge in [0.2, 0.25) is 5.89 Å². The lowest BCUT2D eigenvalue weighted by Gasteiger charge is -2.26. The largest absolute Gasteiger partial charge is 0.480 e. The van der Waals surface area contributed by atoms with E-state index in [-0.39, 0.29) is 17.9 Å². The minimum atomic E-state index is -0.465. The molecule has 2 aromatic rings. The number of likely N-dealkylation sites (tertiary alicyclic amines) is 1. The molecular weight excluding hydrogens is 318 g/mol. The highest BCUT2D eigenvalue weighted by Gasteiger charge is 2.43. The van der Waals surface area contributed by atoms with Gasteiger partial charge in [0.15, 0.2) is 11.9 Å². The minimum absolute atomic E-state index is 0.0315. The van der Waals surface area contributed by atoms with E-state index < -0.39 is 6.10 Å². The highest BCUT2D eigenvalue weighted by molar-refractivity contribution is 5.84. The third-order valence-corrected chi connectivity index (χ3v) is 5.58. The second kappa shape index (κ2) is 5.58. The molecule has 6 nitrogen and oxygen atoms in total. The zero-order valence-electron chi connectivity index (χ0n) is 14.2. The Bertz CT molecular complexity index is 814. The van der Waals surface area contributed by atoms with Crippen LogP contribution >= 0.6 is 0 Å². The molecule has 130 valence electrons. The Morgan fingerprint density at radius 2 is 2.08 bits per heavy atom. The van der Waals surface area contributed by atoms with Crippen molar-refractivity contribution in [3.8, 4) is 5.75 Å². The molecule has 0 radical (unpaired) electrons. The van der Waals surface area contributed by atoms with Crippen LogP contribution in [0.5, 0.6) is 5.75 Å². The first-order valence-corrected chi connectivity index (χ1v) is 9.12. The van der Waals surface area contributed by atoms with Gasteiger partial charge in [-0.05, 0) is 31.7 Å². The molecule has 25 heavy (non-hydrogen) atoms. The average Bonchev–Trinajstić information content (AvgIpc) is 3.07. The third-order valence-electron chi connectivity index (χ3n) is 5.58. The molecule has 0 bridgehead atoms. The van der Waals surface area contributed by atoms with Crippen LogP contribution in [0.2, 0.25) is 0 Å². The molecule has 3 heterocycles. The van der Waals surface area contributed by atoms with E-state index >= 15 is 0 Å². The topological polar surface area (TPSA) is 68.5 Å². The van der Waals surface area contributed by atoms with Gasteiger partial charge in [0.25, 0.3) is 5.91 Å². The number of rotatable bonds is 3. The van der Waals surface area contributed by atoms with E-state index in [2.05, 4.69) is 17.1 Å². The predicted molar refractivity (Wildman–Crippen MR) is 89.2 cm³/mol. The van der Waals surface area contributed by atoms with E-state index in [1.165, 1.54) is 0 Å². The van der Waals surface area contributed by atoms with Crippen molar-refractivity contribution in [2.24, 2.45) is 0 Å². The molecule has 0 unspecified atom stereocenters. The number of hydrogen-bond donors (Lipinski definition) is 0. The first-order chi connectivity index (χ1) is 12.2. The number of para-hydroxylation sites is 1. The van der Waals surface area contributed by atoms with Gasteiger partial charge in [-0.15, -0.1) is 0 Å². The van der Waals surface area contributed by atoms with Crippen LogP contribution in [0.25, 0.3) is 0 Å². The normalized spacial score (nSPS) is 28.0. The van der Waals surface area contributed by atoms with Crippen LogP contribution in [0.4, 0.5) is 0 Å². The van der Waals surface area contributed by atoms with Crippen molar-refractivity contribution in [3.05, 3.63) is 41.5 Å². The number of amides is 1. The Balaban J connectivity index is 1.37. The molecule has 2 fully saturated rings. The predicted octanol–water partition coefficient (Wildman–Crippen LogP) is 3.18. The van der Waals surface area contributed by atoms with Crippen LogP contribution < -0.4 is 4.74 Å². The Morgan fingerprint density at radius 1 is 1.24 bits per heavy atom. The molecule has 1 aromatic heterocycles. The number of hydrogen-bond acceptors (Lipinski definition) is 5. The van der Waals surface area contributed by atoms with E-state index in [9.17, 15) is 4.79 Å². The minimum Gasteiger partial charge on any atom is -0.480 e. The molecule has 3 atom stereocenters. The maximum Gasteiger partial charge on any atom is 0.264 e. The van der Waals surface area contributed by atoms with Gasteiger partial charge >= 0.3 is 0 Å². The van der Waals surface area contributed by atoms with Gasteiger partial charge in [0.05, 0.1) is 6.04 Å². The summed E-state index contributed by atoms with van der Waals surface area (Å²) in [4.78, 5) is 19.6. The fourth-order valence-corrected chi connectivity index (χ4v) is 3.97. The van der Waals surface area contributed by atoms with Crippen LogP contribution in [0, 0.1) is 0 Å². The van der Waals surface area contributed by atoms with Gasteiger partial charge in [0.1, 0.15) is 5.75 Å². The smallest absolute Gasteiger partial charge is 0.264 e. The summed E-state index contributed by atoms with van der Waals surface area (Å²) in [5.41, 5.74) is 1.10. The number of carbonyl (C=O) groups is 1. The fraction of sp³-hybridized carbons (Fsp3) is 0.526. The van der Waals surface area contributed by atoms with Crippen molar-refractivity contribution in [1.82, 2.24) is 15.0 Å². The number of ether oxygens (including phenoxy) is 1. The van der Waals surface area contributed by atoms with Crippen LogP contribution in [0.15, 0.2) is 28.8 Å². The maximum atomic E-state index is 13.2. The summed E-state index contributed by atoms with van der Waals surface area (Å²) in [7, 11) is 0. The zero-order chi connectivity index (χ0) is 17.0. The molecule has 0 spiro atoms. The lowest BCUT2D eigenvalue weighted by Crippen LogP contribution is -2.42. The van der Waals surface area contributed by atoms with Gasteiger partial charge in [0, 0.05) is 23.9 Å². The second-order valence-electron chi connectivity index (χ2n) is 7.32. The monoisotopic (exact) mass is 339 g/mol. The average molecular weight is 339 g/mol. The first-order valence-electron chi connectivity index (χ1n) is 9.12. The zero-order valence-corrected chi connectivity index (χ0v) is 14.2. The Labute approximate surface area is 146 Å². The molecule has 3 aliphatic rings. The SMILES string of the molecule is C[C@@H]1c2ccccc2O[C@@H]1C(=O)N1CCC[C@@H]1c1noc(C2CC2)n1. The maximum absolute atomic E-state index is 13.2. The number of aromatic nitrogens is 2. The molecule has 1 saturated carbocycles. The molecule has 0 N–H and O–H groups in total. The summed E-state index contributed by atoms with van der Waals surface area (Å²) >= 11 is 0. The Hall–Kier alpha value is -2.37. The van der Waals surface area contributed by atoms with E-state index in [0.29, 0.717) is 11.7 Å². The highest BCUT2D eigenvalue weighted by Crippen LogP contribution is 2.42. The summed E-state index contributed by atoms with van der Waals surface area (Å²) in [5, 5.41) is 4.16. The van der Waals surface area contributed by atoms with Gasteiger partial charge < -0.3 is 14.2 Å². The van der Waals surface area contributed by atoms with E-state index in [1.54, 1.807) is 0 Å². The van der Waals surface area contributed by atoms with Crippen molar-refractivity contribution >= 4 is 5.91 Å². The van der Waals surface area contributed by atoms with Crippen molar-refractivity contribution in [2.75, 3.05) is 6.54 Å². The van der Waals surface area contributed by atoms with Crippen molar-refractivity contribution in [3.63, 3.8) is 0 Å². The van der Waals surface area contributed by atoms with Crippen LogP contribution in [0.3, 0.4) is 0 Å². The van der Waals surface area contributed by atoms with Crippen LogP contribution in [0.1, 0.15) is 67.8 Å². The standard InChI is InChI=1S/C19H21N3O3/c1-11-13-5-2-3-7-15(13)24-16(11)19(23)22-10-4-6-14(22)17-20-18(25-21-17)12-8-9-12/h2-3,5,7,11-12,14,16H,4,6,8-10H2,1H3/t11-,14-,16+/m1/s1. The molecule has 2 aliphatic heterocycles. The van der Waals surface area contributed by atoms with Crippen molar-refractivity contribution in [2.45, 2.75) is 56.6 Å². The second-order valence-corrected chi connectivity index (χ2v) is 7.32. The number of benzene rings is 1. The molecular formula is C19H21N3O3. The number of fused-ring (bicyclic) bond motifs is 1. The van der Waals surface area contributed by atoms with E-state index in [1.807, 2.05) is 29.2 Å². The Kier molecular flexibility index (Phi) is 3.33. The van der Waals surface area contributed by atoms with Crippen LogP contribution in [-0.2, 0) is 4.79 Å². The number of carbonyl (C=O) groups excluding carboxylic acids is 1. The molecule has 6 heteroatoms. The fourth-order valence-electron chi connectivity index (χ4n) is 3.97. The van der Waals surface area contributed by atoms with E-state index in [0.717, 1.165) is 49.4 Å². The van der Waals surface area contributed by atoms with Crippen molar-refractivity contribution in [1.29, 1.82) is 0 Å². The summed E-state index contributed by atoms with van der Waals surface area (Å²) in [6, 6.07) is 7.80. The first kappa shape index (κ1) is 14.9. The lowest BCUT2D eigenvalue weighted by atomic mass is 9.96. The summed E-state index contributed by atoms with van der Waals surface area (Å²) < 4.78 is 11.4. The van der Waals surface area contributed by atoms with Crippen molar-refractivity contribution < 1.29 is 14.1 Å². The molecule has 1 aromatic carbocycles. The van der Waals surface area contributed by atoms with Gasteiger partial charge in [-0.3, -0.25) is 4.79 Å². The quantitative estimate of drug-likeness (QED) is 0.859. The van der Waals surface area contributed by atoms with E-state index in [4.69, 9.17) is 9.26 Å². The van der Waals surface area contributed by atoms with Gasteiger partial charge in [-0.25, -0.2) is 0 Å².